The number of aliphatic imine (C=N–C) groups is 1. The summed E-state index contributed by atoms with van der Waals surface area (Å²) in [4.78, 5) is 4.62. The van der Waals surface area contributed by atoms with E-state index in [-0.39, 0.29) is 5.41 Å². The summed E-state index contributed by atoms with van der Waals surface area (Å²) in [5.41, 5.74) is 3.66. The van der Waals surface area contributed by atoms with Gasteiger partial charge < -0.3 is 0 Å². The Labute approximate surface area is 85.2 Å². The molecule has 14 heavy (non-hydrogen) atoms. The van der Waals surface area contributed by atoms with Crippen LogP contribution in [0.5, 0.6) is 0 Å². The van der Waals surface area contributed by atoms with E-state index in [0.29, 0.717) is 0 Å². The largest absolute Gasteiger partial charge is 0.252 e. The highest BCUT2D eigenvalue weighted by molar-refractivity contribution is 6.08. The second-order valence-corrected chi connectivity index (χ2v) is 4.14. The Bertz CT molecular complexity index is 411. The van der Waals surface area contributed by atoms with Crippen molar-refractivity contribution in [2.45, 2.75) is 26.2 Å². The molecule has 0 saturated carbocycles. The highest BCUT2D eigenvalue weighted by atomic mass is 14.8. The van der Waals surface area contributed by atoms with Gasteiger partial charge >= 0.3 is 0 Å². The third-order valence-electron chi connectivity index (χ3n) is 2.78. The van der Waals surface area contributed by atoms with Crippen molar-refractivity contribution in [3.63, 3.8) is 0 Å². The van der Waals surface area contributed by atoms with Gasteiger partial charge in [0.25, 0.3) is 0 Å². The molecule has 1 nitrogen and oxygen atoms in total. The SMILES string of the molecule is CC=CC1=Nc2ccccc2C1(C)C. The summed E-state index contributed by atoms with van der Waals surface area (Å²) in [5, 5.41) is 0. The molecule has 1 aliphatic heterocycles. The second-order valence-electron chi connectivity index (χ2n) is 4.14. The van der Waals surface area contributed by atoms with Crippen molar-refractivity contribution >= 4 is 11.4 Å². The van der Waals surface area contributed by atoms with Crippen molar-refractivity contribution in [3.8, 4) is 0 Å². The van der Waals surface area contributed by atoms with Crippen LogP contribution in [-0.2, 0) is 5.41 Å². The Morgan fingerprint density at radius 3 is 2.57 bits per heavy atom. The molecule has 1 heterocycles. The van der Waals surface area contributed by atoms with Crippen LogP contribution in [0.4, 0.5) is 5.69 Å². The lowest BCUT2D eigenvalue weighted by atomic mass is 9.81. The molecule has 1 aromatic rings. The fourth-order valence-corrected chi connectivity index (χ4v) is 1.91. The number of allylic oxidation sites excluding steroid dienone is 2. The van der Waals surface area contributed by atoms with Crippen LogP contribution in [-0.4, -0.2) is 5.71 Å². The lowest BCUT2D eigenvalue weighted by molar-refractivity contribution is 0.740. The number of nitrogens with zero attached hydrogens (tertiary/aromatic N) is 1. The summed E-state index contributed by atoms with van der Waals surface area (Å²) in [7, 11) is 0. The van der Waals surface area contributed by atoms with E-state index in [1.807, 2.05) is 19.1 Å². The normalized spacial score (nSPS) is 18.4. The van der Waals surface area contributed by atoms with Crippen molar-refractivity contribution < 1.29 is 0 Å². The number of hydrogen-bond acceptors (Lipinski definition) is 1. The maximum absolute atomic E-state index is 4.62. The Kier molecular flexibility index (Phi) is 2.03. The van der Waals surface area contributed by atoms with Gasteiger partial charge in [-0.15, -0.1) is 0 Å². The fraction of sp³-hybridized carbons (Fsp3) is 0.308. The van der Waals surface area contributed by atoms with E-state index in [0.717, 1.165) is 11.4 Å². The van der Waals surface area contributed by atoms with E-state index >= 15 is 0 Å². The smallest absolute Gasteiger partial charge is 0.0674 e. The third kappa shape index (κ3) is 1.20. The summed E-state index contributed by atoms with van der Waals surface area (Å²) in [6.07, 6.45) is 4.15. The Balaban J connectivity index is 2.56. The zero-order valence-corrected chi connectivity index (χ0v) is 8.91. The van der Waals surface area contributed by atoms with Gasteiger partial charge in [-0.1, -0.05) is 38.1 Å². The van der Waals surface area contributed by atoms with E-state index < -0.39 is 0 Å². The molecular formula is C13H15N. The number of para-hydroxylation sites is 1. The maximum atomic E-state index is 4.62. The minimum atomic E-state index is 0.0586. The molecule has 0 bridgehead atoms. The zero-order chi connectivity index (χ0) is 10.2. The van der Waals surface area contributed by atoms with Crippen LogP contribution in [0.1, 0.15) is 26.3 Å². The van der Waals surface area contributed by atoms with Crippen molar-refractivity contribution in [1.82, 2.24) is 0 Å². The minimum absolute atomic E-state index is 0.0586. The molecule has 0 N–H and O–H groups in total. The third-order valence-corrected chi connectivity index (χ3v) is 2.78. The van der Waals surface area contributed by atoms with Crippen molar-refractivity contribution in [2.24, 2.45) is 4.99 Å². The second kappa shape index (κ2) is 3.09. The molecule has 0 aromatic heterocycles. The Morgan fingerprint density at radius 2 is 1.93 bits per heavy atom. The van der Waals surface area contributed by atoms with Gasteiger partial charge in [0, 0.05) is 5.41 Å². The average Bonchev–Trinajstić information content (AvgIpc) is 2.41. The quantitative estimate of drug-likeness (QED) is 0.633. The summed E-state index contributed by atoms with van der Waals surface area (Å²) in [6.45, 7) is 6.47. The molecule has 0 amide bonds. The van der Waals surface area contributed by atoms with E-state index in [1.54, 1.807) is 0 Å². The fourth-order valence-electron chi connectivity index (χ4n) is 1.91. The van der Waals surface area contributed by atoms with Crippen LogP contribution in [0.3, 0.4) is 0 Å². The van der Waals surface area contributed by atoms with Crippen LogP contribution < -0.4 is 0 Å². The van der Waals surface area contributed by atoms with Crippen molar-refractivity contribution in [2.75, 3.05) is 0 Å². The standard InChI is InChI=1S/C13H15N/c1-4-7-12-13(2,3)10-8-5-6-9-11(10)14-12/h4-9H,1-3H3. The van der Waals surface area contributed by atoms with Crippen molar-refractivity contribution in [1.29, 1.82) is 0 Å². The van der Waals surface area contributed by atoms with E-state index in [2.05, 4.69) is 43.1 Å². The molecule has 0 fully saturated rings. The number of benzene rings is 1. The summed E-state index contributed by atoms with van der Waals surface area (Å²) in [5.74, 6) is 0. The number of rotatable bonds is 1. The molecule has 0 aliphatic carbocycles. The van der Waals surface area contributed by atoms with Crippen LogP contribution in [0.2, 0.25) is 0 Å². The lowest BCUT2D eigenvalue weighted by Gasteiger charge is -2.19. The molecule has 1 aliphatic rings. The molecule has 0 atom stereocenters. The first-order chi connectivity index (χ1) is 6.66. The lowest BCUT2D eigenvalue weighted by Crippen LogP contribution is -2.23. The molecule has 1 heteroatoms. The van der Waals surface area contributed by atoms with Gasteiger partial charge in [0.2, 0.25) is 0 Å². The summed E-state index contributed by atoms with van der Waals surface area (Å²) >= 11 is 0. The molecule has 0 radical (unpaired) electrons. The first-order valence-corrected chi connectivity index (χ1v) is 4.97. The van der Waals surface area contributed by atoms with Gasteiger partial charge in [0.15, 0.2) is 0 Å². The topological polar surface area (TPSA) is 12.4 Å². The number of hydrogen-bond donors (Lipinski definition) is 0. The zero-order valence-electron chi connectivity index (χ0n) is 8.91. The van der Waals surface area contributed by atoms with Gasteiger partial charge in [-0.05, 0) is 24.6 Å². The number of fused-ring (bicyclic) bond motifs is 1. The van der Waals surface area contributed by atoms with Gasteiger partial charge in [-0.2, -0.15) is 0 Å². The van der Waals surface area contributed by atoms with E-state index in [1.165, 1.54) is 5.56 Å². The molecule has 0 saturated heterocycles. The predicted molar refractivity (Wildman–Crippen MR) is 61.4 cm³/mol. The van der Waals surface area contributed by atoms with Gasteiger partial charge in [0.05, 0.1) is 11.4 Å². The van der Waals surface area contributed by atoms with Crippen LogP contribution in [0.15, 0.2) is 41.4 Å². The average molecular weight is 185 g/mol. The molecular weight excluding hydrogens is 170 g/mol. The minimum Gasteiger partial charge on any atom is -0.252 e. The summed E-state index contributed by atoms with van der Waals surface area (Å²) < 4.78 is 0. The highest BCUT2D eigenvalue weighted by Crippen LogP contribution is 2.39. The molecule has 72 valence electrons. The van der Waals surface area contributed by atoms with Crippen molar-refractivity contribution in [3.05, 3.63) is 42.0 Å². The van der Waals surface area contributed by atoms with E-state index in [4.69, 9.17) is 0 Å². The van der Waals surface area contributed by atoms with Crippen LogP contribution in [0.25, 0.3) is 0 Å². The Hall–Kier alpha value is -1.37. The highest BCUT2D eigenvalue weighted by Gasteiger charge is 2.32. The molecule has 0 unspecified atom stereocenters. The van der Waals surface area contributed by atoms with Crippen LogP contribution >= 0.6 is 0 Å². The first kappa shape index (κ1) is 9.20. The molecule has 2 rings (SSSR count). The first-order valence-electron chi connectivity index (χ1n) is 4.97. The Morgan fingerprint density at radius 1 is 1.21 bits per heavy atom. The maximum Gasteiger partial charge on any atom is 0.0674 e. The summed E-state index contributed by atoms with van der Waals surface area (Å²) in [6, 6.07) is 8.36. The van der Waals surface area contributed by atoms with Gasteiger partial charge in [-0.25, -0.2) is 0 Å². The van der Waals surface area contributed by atoms with Crippen LogP contribution in [0, 0.1) is 0 Å². The predicted octanol–water partition coefficient (Wildman–Crippen LogP) is 3.63. The van der Waals surface area contributed by atoms with E-state index in [9.17, 15) is 0 Å². The van der Waals surface area contributed by atoms with Gasteiger partial charge in [0.1, 0.15) is 0 Å². The monoisotopic (exact) mass is 185 g/mol. The van der Waals surface area contributed by atoms with Gasteiger partial charge in [-0.3, -0.25) is 4.99 Å². The molecule has 0 spiro atoms. The molecule has 1 aromatic carbocycles.